The summed E-state index contributed by atoms with van der Waals surface area (Å²) in [5.41, 5.74) is 8.08. The van der Waals surface area contributed by atoms with Gasteiger partial charge in [0.1, 0.15) is 5.82 Å². The SMILES string of the molecule is C/C(N)=C(\c1cnc2c3c(F)cc(C(C)(C)O)cc3n(C(c3cccc(F)c3F)C3CCOCC3)c2c1)N(C)N. The van der Waals surface area contributed by atoms with Gasteiger partial charge in [-0.05, 0) is 69.4 Å². The second-order valence-corrected chi connectivity index (χ2v) is 11.1. The van der Waals surface area contributed by atoms with E-state index in [0.717, 1.165) is 6.07 Å². The number of hydrogen-bond acceptors (Lipinski definition) is 6. The van der Waals surface area contributed by atoms with Crippen molar-refractivity contribution in [2.75, 3.05) is 20.3 Å². The van der Waals surface area contributed by atoms with Crippen LogP contribution in [0, 0.1) is 23.4 Å². The molecule has 0 aliphatic carbocycles. The van der Waals surface area contributed by atoms with Crippen molar-refractivity contribution >= 4 is 27.6 Å². The largest absolute Gasteiger partial charge is 0.401 e. The molecule has 212 valence electrons. The lowest BCUT2D eigenvalue weighted by Gasteiger charge is -2.33. The summed E-state index contributed by atoms with van der Waals surface area (Å²) in [6.45, 7) is 5.76. The zero-order valence-corrected chi connectivity index (χ0v) is 23.0. The lowest BCUT2D eigenvalue weighted by Crippen LogP contribution is -2.28. The average Bonchev–Trinajstić information content (AvgIpc) is 3.20. The number of hydrogen-bond donors (Lipinski definition) is 3. The van der Waals surface area contributed by atoms with Crippen molar-refractivity contribution in [2.24, 2.45) is 17.5 Å². The van der Waals surface area contributed by atoms with Crippen LogP contribution in [0.4, 0.5) is 13.2 Å². The summed E-state index contributed by atoms with van der Waals surface area (Å²) < 4.78 is 53.6. The van der Waals surface area contributed by atoms with Crippen LogP contribution in [0.2, 0.25) is 0 Å². The van der Waals surface area contributed by atoms with Crippen LogP contribution in [0.5, 0.6) is 0 Å². The number of fused-ring (bicyclic) bond motifs is 3. The number of halogens is 3. The number of aliphatic hydroxyl groups is 1. The number of pyridine rings is 1. The first-order chi connectivity index (χ1) is 18.9. The molecule has 1 unspecified atom stereocenters. The Morgan fingerprint density at radius 1 is 1.12 bits per heavy atom. The van der Waals surface area contributed by atoms with Gasteiger partial charge in [-0.2, -0.15) is 0 Å². The Kier molecular flexibility index (Phi) is 7.28. The molecule has 2 aromatic carbocycles. The number of nitrogens with two attached hydrogens (primary N) is 2. The van der Waals surface area contributed by atoms with Gasteiger partial charge in [0.25, 0.3) is 0 Å². The van der Waals surface area contributed by atoms with Crippen molar-refractivity contribution in [1.29, 1.82) is 0 Å². The second kappa shape index (κ2) is 10.4. The molecular formula is C30H34F3N5O2. The van der Waals surface area contributed by atoms with Gasteiger partial charge in [-0.15, -0.1) is 0 Å². The van der Waals surface area contributed by atoms with E-state index < -0.39 is 29.1 Å². The van der Waals surface area contributed by atoms with Crippen LogP contribution >= 0.6 is 0 Å². The van der Waals surface area contributed by atoms with E-state index in [0.29, 0.717) is 65.1 Å². The number of aromatic nitrogens is 2. The Morgan fingerprint density at radius 3 is 2.45 bits per heavy atom. The molecule has 0 amide bonds. The number of allylic oxidation sites excluding steroid dienone is 1. The van der Waals surface area contributed by atoms with E-state index in [1.807, 2.05) is 4.57 Å². The molecule has 0 saturated carbocycles. The minimum atomic E-state index is -1.36. The van der Waals surface area contributed by atoms with Gasteiger partial charge >= 0.3 is 0 Å². The fourth-order valence-electron chi connectivity index (χ4n) is 5.85. The van der Waals surface area contributed by atoms with Gasteiger partial charge in [-0.1, -0.05) is 12.1 Å². The summed E-state index contributed by atoms with van der Waals surface area (Å²) in [7, 11) is 1.65. The predicted octanol–water partition coefficient (Wildman–Crippen LogP) is 5.30. The summed E-state index contributed by atoms with van der Waals surface area (Å²) in [5.74, 6) is 3.42. The first kappa shape index (κ1) is 27.9. The normalized spacial score (nSPS) is 16.4. The van der Waals surface area contributed by atoms with Crippen molar-refractivity contribution < 1.29 is 23.0 Å². The lowest BCUT2D eigenvalue weighted by atomic mass is 9.86. The van der Waals surface area contributed by atoms with Gasteiger partial charge < -0.3 is 25.2 Å². The summed E-state index contributed by atoms with van der Waals surface area (Å²) in [5, 5.41) is 12.4. The highest BCUT2D eigenvalue weighted by atomic mass is 19.2. The zero-order chi connectivity index (χ0) is 28.9. The Labute approximate surface area is 230 Å². The molecule has 0 spiro atoms. The standard InChI is InChI=1S/C30H34F3N5O2/c1-16(34)28(37(4)35)18-12-24-27(36-15-18)25-22(32)13-19(30(2,3)39)14-23(25)38(24)29(17-8-10-40-11-9-17)20-6-5-7-21(31)26(20)33/h5-7,12-15,17,29,39H,8-11,34-35H2,1-4H3/b28-16-. The third-order valence-electron chi connectivity index (χ3n) is 7.69. The summed E-state index contributed by atoms with van der Waals surface area (Å²) in [6.07, 6.45) is 2.74. The Morgan fingerprint density at radius 2 is 1.82 bits per heavy atom. The molecule has 3 heterocycles. The topological polar surface area (TPSA) is 103 Å². The van der Waals surface area contributed by atoms with Crippen molar-refractivity contribution in [2.45, 2.75) is 45.3 Å². The van der Waals surface area contributed by atoms with E-state index in [2.05, 4.69) is 4.98 Å². The van der Waals surface area contributed by atoms with Crippen LogP contribution in [-0.2, 0) is 10.3 Å². The molecule has 0 radical (unpaired) electrons. The number of rotatable bonds is 6. The maximum Gasteiger partial charge on any atom is 0.164 e. The molecule has 40 heavy (non-hydrogen) atoms. The lowest BCUT2D eigenvalue weighted by molar-refractivity contribution is 0.0547. The Bertz CT molecular complexity index is 1610. The monoisotopic (exact) mass is 553 g/mol. The fourth-order valence-corrected chi connectivity index (χ4v) is 5.85. The molecule has 5 N–H and O–H groups in total. The summed E-state index contributed by atoms with van der Waals surface area (Å²) >= 11 is 0. The third kappa shape index (κ3) is 4.80. The van der Waals surface area contributed by atoms with Crippen molar-refractivity contribution in [3.8, 4) is 0 Å². The molecule has 1 saturated heterocycles. The van der Waals surface area contributed by atoms with Crippen LogP contribution < -0.4 is 11.6 Å². The van der Waals surface area contributed by atoms with Gasteiger partial charge in [0.05, 0.1) is 39.3 Å². The Hall–Kier alpha value is -3.60. The average molecular weight is 554 g/mol. The molecule has 2 aromatic heterocycles. The van der Waals surface area contributed by atoms with Crippen molar-refractivity contribution in [1.82, 2.24) is 14.6 Å². The van der Waals surface area contributed by atoms with Crippen LogP contribution in [0.15, 0.2) is 48.3 Å². The first-order valence-electron chi connectivity index (χ1n) is 13.2. The van der Waals surface area contributed by atoms with Crippen molar-refractivity contribution in [3.05, 3.63) is 82.4 Å². The van der Waals surface area contributed by atoms with E-state index in [1.54, 1.807) is 52.2 Å². The quantitative estimate of drug-likeness (QED) is 0.221. The smallest absolute Gasteiger partial charge is 0.164 e. The van der Waals surface area contributed by atoms with Crippen LogP contribution in [0.25, 0.3) is 27.6 Å². The van der Waals surface area contributed by atoms with Gasteiger partial charge in [-0.25, -0.2) is 19.0 Å². The maximum atomic E-state index is 15.9. The molecule has 1 fully saturated rings. The molecule has 10 heteroatoms. The zero-order valence-electron chi connectivity index (χ0n) is 23.0. The van der Waals surface area contributed by atoms with E-state index in [1.165, 1.54) is 17.1 Å². The van der Waals surface area contributed by atoms with Crippen LogP contribution in [0.1, 0.15) is 56.3 Å². The van der Waals surface area contributed by atoms with E-state index >= 15 is 8.78 Å². The summed E-state index contributed by atoms with van der Waals surface area (Å²) in [4.78, 5) is 4.64. The maximum absolute atomic E-state index is 15.9. The molecule has 7 nitrogen and oxygen atoms in total. The van der Waals surface area contributed by atoms with Gasteiger partial charge in [0.15, 0.2) is 11.6 Å². The highest BCUT2D eigenvalue weighted by Gasteiger charge is 2.34. The molecule has 5 rings (SSSR count). The molecule has 0 bridgehead atoms. The molecule has 1 atom stereocenters. The van der Waals surface area contributed by atoms with Crippen LogP contribution in [-0.4, -0.2) is 39.9 Å². The molecule has 4 aromatic rings. The van der Waals surface area contributed by atoms with E-state index in [9.17, 15) is 9.50 Å². The number of hydrazine groups is 1. The van der Waals surface area contributed by atoms with Gasteiger partial charge in [0.2, 0.25) is 0 Å². The second-order valence-electron chi connectivity index (χ2n) is 11.1. The molecular weight excluding hydrogens is 519 g/mol. The molecule has 1 aliphatic rings. The first-order valence-corrected chi connectivity index (χ1v) is 13.2. The highest BCUT2D eigenvalue weighted by molar-refractivity contribution is 6.07. The highest BCUT2D eigenvalue weighted by Crippen LogP contribution is 2.43. The third-order valence-corrected chi connectivity index (χ3v) is 7.69. The minimum Gasteiger partial charge on any atom is -0.401 e. The van der Waals surface area contributed by atoms with Gasteiger partial charge in [-0.3, -0.25) is 4.98 Å². The number of ether oxygens (including phenoxy) is 1. The van der Waals surface area contributed by atoms with E-state index in [4.69, 9.17) is 16.3 Å². The van der Waals surface area contributed by atoms with E-state index in [-0.39, 0.29) is 16.9 Å². The predicted molar refractivity (Wildman–Crippen MR) is 149 cm³/mol. The van der Waals surface area contributed by atoms with Crippen molar-refractivity contribution in [3.63, 3.8) is 0 Å². The number of nitrogens with zero attached hydrogens (tertiary/aromatic N) is 3. The molecule has 1 aliphatic heterocycles. The number of benzene rings is 2. The summed E-state index contributed by atoms with van der Waals surface area (Å²) in [6, 6.07) is 8.17. The fraction of sp³-hybridized carbons (Fsp3) is 0.367. The minimum absolute atomic E-state index is 0.145. The van der Waals surface area contributed by atoms with Gasteiger partial charge in [0, 0.05) is 43.3 Å². The van der Waals surface area contributed by atoms with Crippen LogP contribution in [0.3, 0.4) is 0 Å². The Balaban J connectivity index is 1.95.